The number of nitrogens with two attached hydrogens (primary N) is 1. The number of nitrogens with zero attached hydrogens (tertiary/aromatic N) is 1. The molecule has 1 rings (SSSR count). The number of carboxylic acids is 1. The Hall–Kier alpha value is -1.42. The molecule has 0 unspecified atom stereocenters. The van der Waals surface area contributed by atoms with Gasteiger partial charge in [-0.15, -0.1) is 0 Å². The first-order chi connectivity index (χ1) is 8.83. The van der Waals surface area contributed by atoms with Gasteiger partial charge in [0.15, 0.2) is 5.69 Å². The van der Waals surface area contributed by atoms with Crippen LogP contribution in [0.3, 0.4) is 0 Å². The molecule has 3 N–H and O–H groups in total. The van der Waals surface area contributed by atoms with Crippen LogP contribution in [0.5, 0.6) is 0 Å². The van der Waals surface area contributed by atoms with Crippen molar-refractivity contribution in [3.05, 3.63) is 29.1 Å². The maximum Gasteiger partial charge on any atom is 0.354 e. The molecule has 1 aromatic heterocycles. The quantitative estimate of drug-likeness (QED) is 0.794. The summed E-state index contributed by atoms with van der Waals surface area (Å²) in [4.78, 5) is 15.2. The summed E-state index contributed by atoms with van der Waals surface area (Å²) in [6.45, 7) is 6.07. The molecular weight excluding hydrogens is 240 g/mol. The van der Waals surface area contributed by atoms with Crippen molar-refractivity contribution < 1.29 is 9.90 Å². The van der Waals surface area contributed by atoms with Crippen LogP contribution >= 0.6 is 0 Å². The van der Waals surface area contributed by atoms with E-state index in [-0.39, 0.29) is 11.2 Å². The summed E-state index contributed by atoms with van der Waals surface area (Å²) in [6.07, 6.45) is 6.13. The Labute approximate surface area is 115 Å². The molecule has 0 saturated heterocycles. The van der Waals surface area contributed by atoms with Gasteiger partial charge in [-0.1, -0.05) is 19.4 Å². The fraction of sp³-hybridized carbons (Fsp3) is 0.600. The molecule has 0 saturated carbocycles. The molecule has 0 aromatic carbocycles. The highest BCUT2D eigenvalue weighted by Gasteiger charge is 2.14. The highest BCUT2D eigenvalue weighted by molar-refractivity contribution is 5.87. The van der Waals surface area contributed by atoms with E-state index in [0.717, 1.165) is 43.2 Å². The van der Waals surface area contributed by atoms with E-state index in [0.29, 0.717) is 0 Å². The highest BCUT2D eigenvalue weighted by atomic mass is 16.4. The van der Waals surface area contributed by atoms with Crippen molar-refractivity contribution >= 4 is 5.97 Å². The van der Waals surface area contributed by atoms with Crippen molar-refractivity contribution in [3.63, 3.8) is 0 Å². The monoisotopic (exact) mass is 264 g/mol. The summed E-state index contributed by atoms with van der Waals surface area (Å²) in [5.74, 6) is -0.947. The molecule has 0 aliphatic carbocycles. The zero-order valence-corrected chi connectivity index (χ0v) is 12.1. The number of carbonyl (C=O) groups is 1. The van der Waals surface area contributed by atoms with Gasteiger partial charge in [0.05, 0.1) is 0 Å². The number of aromatic nitrogens is 1. The molecule has 19 heavy (non-hydrogen) atoms. The number of unbranched alkanes of at least 4 members (excludes halogenated alkanes) is 1. The third-order valence-corrected chi connectivity index (χ3v) is 3.08. The summed E-state index contributed by atoms with van der Waals surface area (Å²) < 4.78 is 0. The molecule has 0 aliphatic heterocycles. The third-order valence-electron chi connectivity index (χ3n) is 3.08. The SMILES string of the molecule is CCCCc1cc(CCC(C)(C)N)cnc1C(=O)O. The van der Waals surface area contributed by atoms with Crippen LogP contribution in [-0.4, -0.2) is 21.6 Å². The van der Waals surface area contributed by atoms with Crippen LogP contribution in [0, 0.1) is 0 Å². The number of carboxylic acid groups (broad SMARTS) is 1. The van der Waals surface area contributed by atoms with Crippen LogP contribution in [0.1, 0.15) is 61.6 Å². The van der Waals surface area contributed by atoms with Crippen LogP contribution in [0.15, 0.2) is 12.3 Å². The van der Waals surface area contributed by atoms with E-state index in [1.165, 1.54) is 0 Å². The normalized spacial score (nSPS) is 11.6. The van der Waals surface area contributed by atoms with E-state index < -0.39 is 5.97 Å². The molecule has 0 aliphatic rings. The van der Waals surface area contributed by atoms with Crippen molar-refractivity contribution in [1.29, 1.82) is 0 Å². The predicted molar refractivity (Wildman–Crippen MR) is 76.4 cm³/mol. The van der Waals surface area contributed by atoms with Crippen LogP contribution in [0.25, 0.3) is 0 Å². The van der Waals surface area contributed by atoms with Crippen LogP contribution in [-0.2, 0) is 12.8 Å². The average molecular weight is 264 g/mol. The van der Waals surface area contributed by atoms with E-state index >= 15 is 0 Å². The first kappa shape index (κ1) is 15.6. The van der Waals surface area contributed by atoms with Gasteiger partial charge in [-0.25, -0.2) is 9.78 Å². The number of hydrogen-bond acceptors (Lipinski definition) is 3. The van der Waals surface area contributed by atoms with Gasteiger partial charge in [0.2, 0.25) is 0 Å². The zero-order valence-electron chi connectivity index (χ0n) is 12.1. The maximum atomic E-state index is 11.1. The number of aromatic carboxylic acids is 1. The Kier molecular flexibility index (Phi) is 5.48. The van der Waals surface area contributed by atoms with Gasteiger partial charge in [0, 0.05) is 11.7 Å². The smallest absolute Gasteiger partial charge is 0.354 e. The van der Waals surface area contributed by atoms with Gasteiger partial charge in [-0.05, 0) is 50.7 Å². The minimum Gasteiger partial charge on any atom is -0.477 e. The minimum atomic E-state index is -0.947. The van der Waals surface area contributed by atoms with Crippen molar-refractivity contribution in [2.45, 2.75) is 58.4 Å². The third kappa shape index (κ3) is 5.39. The molecule has 0 atom stereocenters. The number of aryl methyl sites for hydroxylation is 2. The summed E-state index contributed by atoms with van der Waals surface area (Å²) in [5.41, 5.74) is 7.84. The molecular formula is C15H24N2O2. The van der Waals surface area contributed by atoms with E-state index in [4.69, 9.17) is 10.8 Å². The average Bonchev–Trinajstić information content (AvgIpc) is 2.32. The fourth-order valence-corrected chi connectivity index (χ4v) is 1.91. The van der Waals surface area contributed by atoms with Gasteiger partial charge < -0.3 is 10.8 Å². The fourth-order valence-electron chi connectivity index (χ4n) is 1.91. The number of rotatable bonds is 7. The molecule has 0 fully saturated rings. The van der Waals surface area contributed by atoms with E-state index in [2.05, 4.69) is 11.9 Å². The lowest BCUT2D eigenvalue weighted by atomic mass is 9.95. The predicted octanol–water partition coefficient (Wildman–Crippen LogP) is 2.79. The first-order valence-corrected chi connectivity index (χ1v) is 6.83. The van der Waals surface area contributed by atoms with Crippen LogP contribution in [0.4, 0.5) is 0 Å². The highest BCUT2D eigenvalue weighted by Crippen LogP contribution is 2.16. The molecule has 4 nitrogen and oxygen atoms in total. The van der Waals surface area contributed by atoms with E-state index in [9.17, 15) is 4.79 Å². The lowest BCUT2D eigenvalue weighted by Gasteiger charge is -2.18. The van der Waals surface area contributed by atoms with Crippen molar-refractivity contribution in [3.8, 4) is 0 Å². The number of pyridine rings is 1. The number of hydrogen-bond donors (Lipinski definition) is 2. The zero-order chi connectivity index (χ0) is 14.5. The van der Waals surface area contributed by atoms with E-state index in [1.807, 2.05) is 19.9 Å². The second-order valence-electron chi connectivity index (χ2n) is 5.75. The van der Waals surface area contributed by atoms with Gasteiger partial charge in [-0.3, -0.25) is 0 Å². The maximum absolute atomic E-state index is 11.1. The molecule has 1 heterocycles. The summed E-state index contributed by atoms with van der Waals surface area (Å²) in [5, 5.41) is 9.13. The molecule has 0 radical (unpaired) electrons. The van der Waals surface area contributed by atoms with Crippen molar-refractivity contribution in [2.75, 3.05) is 0 Å². The molecule has 0 amide bonds. The second-order valence-corrected chi connectivity index (χ2v) is 5.75. The largest absolute Gasteiger partial charge is 0.477 e. The minimum absolute atomic E-state index is 0.184. The Morgan fingerprint density at radius 2 is 2.11 bits per heavy atom. The second kappa shape index (κ2) is 6.66. The molecule has 0 spiro atoms. The van der Waals surface area contributed by atoms with Gasteiger partial charge in [0.1, 0.15) is 0 Å². The van der Waals surface area contributed by atoms with Crippen molar-refractivity contribution in [2.24, 2.45) is 5.73 Å². The van der Waals surface area contributed by atoms with E-state index in [1.54, 1.807) is 6.20 Å². The van der Waals surface area contributed by atoms with Crippen molar-refractivity contribution in [1.82, 2.24) is 4.98 Å². The topological polar surface area (TPSA) is 76.2 Å². The Bertz CT molecular complexity index is 436. The van der Waals surface area contributed by atoms with Crippen LogP contribution < -0.4 is 5.73 Å². The Balaban J connectivity index is 2.88. The lowest BCUT2D eigenvalue weighted by molar-refractivity contribution is 0.0689. The molecule has 4 heteroatoms. The first-order valence-electron chi connectivity index (χ1n) is 6.83. The molecule has 106 valence electrons. The van der Waals surface area contributed by atoms with Crippen LogP contribution in [0.2, 0.25) is 0 Å². The van der Waals surface area contributed by atoms with Gasteiger partial charge in [-0.2, -0.15) is 0 Å². The molecule has 1 aromatic rings. The van der Waals surface area contributed by atoms with Gasteiger partial charge in [0.25, 0.3) is 0 Å². The summed E-state index contributed by atoms with van der Waals surface area (Å²) >= 11 is 0. The summed E-state index contributed by atoms with van der Waals surface area (Å²) in [6, 6.07) is 1.97. The summed E-state index contributed by atoms with van der Waals surface area (Å²) in [7, 11) is 0. The van der Waals surface area contributed by atoms with Gasteiger partial charge >= 0.3 is 5.97 Å². The Morgan fingerprint density at radius 3 is 2.63 bits per heavy atom. The Morgan fingerprint density at radius 1 is 1.42 bits per heavy atom. The standard InChI is InChI=1S/C15H24N2O2/c1-4-5-6-12-9-11(7-8-15(2,3)16)10-17-13(12)14(18)19/h9-10H,4-8,16H2,1-3H3,(H,18,19). The molecule has 0 bridgehead atoms. The lowest BCUT2D eigenvalue weighted by Crippen LogP contribution is -2.32.